The summed E-state index contributed by atoms with van der Waals surface area (Å²) in [7, 11) is 0. The summed E-state index contributed by atoms with van der Waals surface area (Å²) in [5, 5.41) is 11.2. The second-order valence-corrected chi connectivity index (χ2v) is 7.80. The molecule has 1 fully saturated rings. The zero-order valence-electron chi connectivity index (χ0n) is 13.3. The van der Waals surface area contributed by atoms with E-state index in [0.29, 0.717) is 26.3 Å². The second kappa shape index (κ2) is 6.70. The van der Waals surface area contributed by atoms with Gasteiger partial charge < -0.3 is 9.64 Å². The van der Waals surface area contributed by atoms with Crippen molar-refractivity contribution in [3.8, 4) is 0 Å². The van der Waals surface area contributed by atoms with Crippen LogP contribution < -0.4 is 0 Å². The molecule has 8 heteroatoms. The van der Waals surface area contributed by atoms with Crippen molar-refractivity contribution in [1.29, 1.82) is 0 Å². The minimum absolute atomic E-state index is 0.142. The summed E-state index contributed by atoms with van der Waals surface area (Å²) in [5.74, 6) is 0.169. The number of fused-ring (bicyclic) bond motifs is 3. The minimum atomic E-state index is -0.142. The van der Waals surface area contributed by atoms with Crippen LogP contribution in [0.1, 0.15) is 13.3 Å². The lowest BCUT2D eigenvalue weighted by Gasteiger charge is -2.29. The average Bonchev–Trinajstić information content (AvgIpc) is 3.21. The Morgan fingerprint density at radius 3 is 3.04 bits per heavy atom. The zero-order chi connectivity index (χ0) is 16.5. The third-order valence-corrected chi connectivity index (χ3v) is 6.40. The molecule has 4 rings (SSSR count). The SMILES string of the molecule is CC[C@H](Sc1nncn2c1cc1sccc12)C(=O)N1CCOCC1. The van der Waals surface area contributed by atoms with Crippen LogP contribution in [-0.4, -0.2) is 57.0 Å². The largest absolute Gasteiger partial charge is 0.378 e. The predicted octanol–water partition coefficient (Wildman–Crippen LogP) is 2.67. The molecule has 0 aromatic carbocycles. The standard InChI is InChI=1S/C16H18N4O2S2/c1-2-13(16(21)19-4-6-22-7-5-19)24-15-12-9-14-11(3-8-23-14)20(12)10-17-18-15/h3,8-10,13H,2,4-7H2,1H3/t13-/m0/s1. The molecular formula is C16H18N4O2S2. The Morgan fingerprint density at radius 2 is 2.25 bits per heavy atom. The zero-order valence-corrected chi connectivity index (χ0v) is 15.0. The molecular weight excluding hydrogens is 344 g/mol. The summed E-state index contributed by atoms with van der Waals surface area (Å²) in [6, 6.07) is 4.21. The van der Waals surface area contributed by atoms with Crippen molar-refractivity contribution in [3.05, 3.63) is 23.8 Å². The van der Waals surface area contributed by atoms with Crippen LogP contribution in [0.4, 0.5) is 0 Å². The van der Waals surface area contributed by atoms with E-state index in [2.05, 4.69) is 27.7 Å². The first kappa shape index (κ1) is 15.9. The van der Waals surface area contributed by atoms with E-state index in [1.54, 1.807) is 17.7 Å². The van der Waals surface area contributed by atoms with E-state index in [1.165, 1.54) is 16.5 Å². The average molecular weight is 362 g/mol. The topological polar surface area (TPSA) is 59.7 Å². The van der Waals surface area contributed by atoms with E-state index in [1.807, 2.05) is 16.2 Å². The molecule has 0 N–H and O–H groups in total. The number of hydrogen-bond acceptors (Lipinski definition) is 6. The van der Waals surface area contributed by atoms with Crippen molar-refractivity contribution in [3.63, 3.8) is 0 Å². The van der Waals surface area contributed by atoms with Gasteiger partial charge in [-0.2, -0.15) is 0 Å². The van der Waals surface area contributed by atoms with E-state index in [4.69, 9.17) is 4.74 Å². The number of rotatable bonds is 4. The first-order valence-corrected chi connectivity index (χ1v) is 9.77. The summed E-state index contributed by atoms with van der Waals surface area (Å²) >= 11 is 3.22. The summed E-state index contributed by atoms with van der Waals surface area (Å²) in [6.07, 6.45) is 2.50. The van der Waals surface area contributed by atoms with Crippen LogP contribution in [-0.2, 0) is 9.53 Å². The fraction of sp³-hybridized carbons (Fsp3) is 0.438. The van der Waals surface area contributed by atoms with Crippen LogP contribution in [0.3, 0.4) is 0 Å². The Morgan fingerprint density at radius 1 is 1.42 bits per heavy atom. The maximum Gasteiger partial charge on any atom is 0.236 e. The van der Waals surface area contributed by atoms with Gasteiger partial charge in [0.15, 0.2) is 0 Å². The Hall–Kier alpha value is -1.64. The highest BCUT2D eigenvalue weighted by molar-refractivity contribution is 8.00. The summed E-state index contributed by atoms with van der Waals surface area (Å²) < 4.78 is 8.60. The number of carbonyl (C=O) groups is 1. The monoisotopic (exact) mass is 362 g/mol. The van der Waals surface area contributed by atoms with E-state index in [0.717, 1.165) is 22.5 Å². The molecule has 24 heavy (non-hydrogen) atoms. The lowest BCUT2D eigenvalue weighted by atomic mass is 10.2. The molecule has 1 aliphatic heterocycles. The van der Waals surface area contributed by atoms with E-state index in [-0.39, 0.29) is 11.2 Å². The molecule has 3 aromatic heterocycles. The van der Waals surface area contributed by atoms with Gasteiger partial charge >= 0.3 is 0 Å². The first-order valence-electron chi connectivity index (χ1n) is 8.01. The van der Waals surface area contributed by atoms with Gasteiger partial charge in [-0.25, -0.2) is 0 Å². The quantitative estimate of drug-likeness (QED) is 0.668. The number of morpholine rings is 1. The molecule has 1 atom stereocenters. The Labute approximate surface area is 147 Å². The smallest absolute Gasteiger partial charge is 0.236 e. The predicted molar refractivity (Wildman–Crippen MR) is 95.7 cm³/mol. The highest BCUT2D eigenvalue weighted by atomic mass is 32.2. The Bertz CT molecular complexity index is 869. The van der Waals surface area contributed by atoms with E-state index < -0.39 is 0 Å². The maximum absolute atomic E-state index is 12.8. The van der Waals surface area contributed by atoms with Crippen molar-refractivity contribution >= 4 is 44.7 Å². The maximum atomic E-state index is 12.8. The lowest BCUT2D eigenvalue weighted by molar-refractivity contribution is -0.134. The molecule has 3 aromatic rings. The summed E-state index contributed by atoms with van der Waals surface area (Å²) in [4.78, 5) is 14.7. The molecule has 1 saturated heterocycles. The molecule has 0 aliphatic carbocycles. The van der Waals surface area contributed by atoms with E-state index in [9.17, 15) is 4.79 Å². The van der Waals surface area contributed by atoms with Gasteiger partial charge in [-0.3, -0.25) is 9.20 Å². The van der Waals surface area contributed by atoms with Crippen LogP contribution in [0, 0.1) is 0 Å². The fourth-order valence-corrected chi connectivity index (χ4v) is 4.80. The van der Waals surface area contributed by atoms with Crippen molar-refractivity contribution < 1.29 is 9.53 Å². The molecule has 1 amide bonds. The van der Waals surface area contributed by atoms with Crippen molar-refractivity contribution in [2.75, 3.05) is 26.3 Å². The van der Waals surface area contributed by atoms with Crippen LogP contribution >= 0.6 is 23.1 Å². The lowest BCUT2D eigenvalue weighted by Crippen LogP contribution is -2.44. The molecule has 4 heterocycles. The molecule has 0 bridgehead atoms. The molecule has 0 spiro atoms. The summed E-state index contributed by atoms with van der Waals surface area (Å²) in [5.41, 5.74) is 2.16. The number of thioether (sulfide) groups is 1. The van der Waals surface area contributed by atoms with Crippen molar-refractivity contribution in [2.24, 2.45) is 0 Å². The van der Waals surface area contributed by atoms with Crippen LogP contribution in [0.25, 0.3) is 15.7 Å². The molecule has 6 nitrogen and oxygen atoms in total. The normalized spacial score (nSPS) is 16.8. The van der Waals surface area contributed by atoms with Gasteiger partial charge in [0, 0.05) is 13.1 Å². The highest BCUT2D eigenvalue weighted by Crippen LogP contribution is 2.33. The minimum Gasteiger partial charge on any atom is -0.378 e. The third-order valence-electron chi connectivity index (χ3n) is 4.22. The van der Waals surface area contributed by atoms with Gasteiger partial charge in [0.05, 0.1) is 34.2 Å². The molecule has 1 aliphatic rings. The molecule has 0 radical (unpaired) electrons. The Balaban J connectivity index is 1.62. The van der Waals surface area contributed by atoms with Crippen LogP contribution in [0.15, 0.2) is 28.9 Å². The Kier molecular flexibility index (Phi) is 4.43. The number of carbonyl (C=O) groups excluding carboxylic acids is 1. The first-order chi connectivity index (χ1) is 11.8. The van der Waals surface area contributed by atoms with Gasteiger partial charge in [0.1, 0.15) is 11.4 Å². The molecule has 126 valence electrons. The number of hydrogen-bond donors (Lipinski definition) is 0. The number of nitrogens with zero attached hydrogens (tertiary/aromatic N) is 4. The van der Waals surface area contributed by atoms with Gasteiger partial charge in [-0.05, 0) is 23.9 Å². The number of thiophene rings is 1. The van der Waals surface area contributed by atoms with Gasteiger partial charge in [-0.1, -0.05) is 18.7 Å². The third kappa shape index (κ3) is 2.78. The van der Waals surface area contributed by atoms with Gasteiger partial charge in [0.2, 0.25) is 5.91 Å². The van der Waals surface area contributed by atoms with Gasteiger partial charge in [-0.15, -0.1) is 21.5 Å². The molecule has 0 unspecified atom stereocenters. The summed E-state index contributed by atoms with van der Waals surface area (Å²) in [6.45, 7) is 4.63. The highest BCUT2D eigenvalue weighted by Gasteiger charge is 2.26. The fourth-order valence-electron chi connectivity index (χ4n) is 2.93. The second-order valence-electron chi connectivity index (χ2n) is 5.66. The number of ether oxygens (including phenoxy) is 1. The van der Waals surface area contributed by atoms with Crippen LogP contribution in [0.5, 0.6) is 0 Å². The number of aromatic nitrogens is 3. The molecule has 0 saturated carbocycles. The van der Waals surface area contributed by atoms with Gasteiger partial charge in [0.25, 0.3) is 0 Å². The number of amides is 1. The van der Waals surface area contributed by atoms with Crippen LogP contribution in [0.2, 0.25) is 0 Å². The van der Waals surface area contributed by atoms with Crippen molar-refractivity contribution in [2.45, 2.75) is 23.6 Å². The van der Waals surface area contributed by atoms with E-state index >= 15 is 0 Å². The van der Waals surface area contributed by atoms with Crippen molar-refractivity contribution in [1.82, 2.24) is 19.5 Å².